The van der Waals surface area contributed by atoms with E-state index < -0.39 is 0 Å². The Morgan fingerprint density at radius 3 is 2.63 bits per heavy atom. The summed E-state index contributed by atoms with van der Waals surface area (Å²) < 4.78 is 6.42. The molecule has 3 N–H and O–H groups in total. The van der Waals surface area contributed by atoms with Gasteiger partial charge in [0.2, 0.25) is 0 Å². The van der Waals surface area contributed by atoms with Crippen molar-refractivity contribution >= 4 is 32.3 Å². The van der Waals surface area contributed by atoms with Crippen LogP contribution in [0.5, 0.6) is 5.75 Å². The van der Waals surface area contributed by atoms with Crippen molar-refractivity contribution in [2.75, 3.05) is 13.7 Å². The zero-order valence-electron chi connectivity index (χ0n) is 15.4. The van der Waals surface area contributed by atoms with E-state index in [9.17, 15) is 4.79 Å². The molecule has 4 nitrogen and oxygen atoms in total. The Morgan fingerprint density at radius 1 is 1.15 bits per heavy atom. The van der Waals surface area contributed by atoms with Gasteiger partial charge in [-0.15, -0.1) is 11.3 Å². The first-order chi connectivity index (χ1) is 13.1. The van der Waals surface area contributed by atoms with Crippen molar-refractivity contribution in [3.05, 3.63) is 63.8 Å². The van der Waals surface area contributed by atoms with Crippen molar-refractivity contribution in [2.24, 2.45) is 5.73 Å². The van der Waals surface area contributed by atoms with E-state index in [0.717, 1.165) is 44.3 Å². The number of ether oxygens (including phenoxy) is 1. The molecule has 2 aromatic heterocycles. The van der Waals surface area contributed by atoms with Crippen molar-refractivity contribution in [2.45, 2.75) is 19.3 Å². The van der Waals surface area contributed by atoms with E-state index in [2.05, 4.69) is 36.2 Å². The second-order valence-electron chi connectivity index (χ2n) is 6.78. The first-order valence-electron chi connectivity index (χ1n) is 9.04. The van der Waals surface area contributed by atoms with Crippen LogP contribution in [0.2, 0.25) is 0 Å². The molecule has 4 rings (SSSR count). The fourth-order valence-corrected chi connectivity index (χ4v) is 4.48. The maximum absolute atomic E-state index is 12.4. The van der Waals surface area contributed by atoms with Crippen molar-refractivity contribution in [3.63, 3.8) is 0 Å². The highest BCUT2D eigenvalue weighted by molar-refractivity contribution is 7.17. The summed E-state index contributed by atoms with van der Waals surface area (Å²) in [6, 6.07) is 14.4. The average molecular weight is 378 g/mol. The standard InChI is InChI=1S/C22H22N2O2S/c1-13(9-11-23)14-3-5-15(6-4-14)19-18(26-2)8-7-17-20(19)16-10-12-27-21(16)22(25)24-17/h3-8,10,12-13H,9,11,23H2,1-2H3,(H,24,25). The van der Waals surface area contributed by atoms with Crippen LogP contribution in [0.4, 0.5) is 0 Å². The summed E-state index contributed by atoms with van der Waals surface area (Å²) in [6.45, 7) is 2.88. The second-order valence-corrected chi connectivity index (χ2v) is 7.70. The van der Waals surface area contributed by atoms with Gasteiger partial charge in [0.1, 0.15) is 10.4 Å². The summed E-state index contributed by atoms with van der Waals surface area (Å²) >= 11 is 1.46. The molecule has 0 saturated heterocycles. The van der Waals surface area contributed by atoms with Crippen LogP contribution in [0.1, 0.15) is 24.8 Å². The maximum Gasteiger partial charge on any atom is 0.266 e. The first-order valence-corrected chi connectivity index (χ1v) is 9.92. The number of aromatic nitrogens is 1. The van der Waals surface area contributed by atoms with Gasteiger partial charge in [-0.1, -0.05) is 31.2 Å². The van der Waals surface area contributed by atoms with E-state index in [1.54, 1.807) is 7.11 Å². The summed E-state index contributed by atoms with van der Waals surface area (Å²) in [6.07, 6.45) is 0.966. The Bertz CT molecular complexity index is 1160. The second kappa shape index (κ2) is 7.18. The molecule has 1 unspecified atom stereocenters. The van der Waals surface area contributed by atoms with Crippen LogP contribution in [0, 0.1) is 0 Å². The van der Waals surface area contributed by atoms with Crippen molar-refractivity contribution in [1.82, 2.24) is 4.98 Å². The van der Waals surface area contributed by atoms with Gasteiger partial charge < -0.3 is 15.5 Å². The Morgan fingerprint density at radius 2 is 1.93 bits per heavy atom. The van der Waals surface area contributed by atoms with Gasteiger partial charge in [-0.05, 0) is 53.6 Å². The summed E-state index contributed by atoms with van der Waals surface area (Å²) in [4.78, 5) is 15.4. The summed E-state index contributed by atoms with van der Waals surface area (Å²) in [5.41, 5.74) is 9.83. The number of hydrogen-bond acceptors (Lipinski definition) is 4. The Kier molecular flexibility index (Phi) is 4.72. The van der Waals surface area contributed by atoms with E-state index in [0.29, 0.717) is 12.5 Å². The Labute approximate surface area is 161 Å². The zero-order chi connectivity index (χ0) is 19.0. The van der Waals surface area contributed by atoms with Gasteiger partial charge >= 0.3 is 0 Å². The minimum atomic E-state index is -0.0467. The number of thiophene rings is 1. The summed E-state index contributed by atoms with van der Waals surface area (Å²) in [5, 5.41) is 3.95. The lowest BCUT2D eigenvalue weighted by Crippen LogP contribution is -2.05. The normalized spacial score (nSPS) is 12.6. The van der Waals surface area contributed by atoms with E-state index in [-0.39, 0.29) is 5.56 Å². The highest BCUT2D eigenvalue weighted by atomic mass is 32.1. The maximum atomic E-state index is 12.4. The van der Waals surface area contributed by atoms with Crippen LogP contribution >= 0.6 is 11.3 Å². The molecule has 2 aromatic carbocycles. The lowest BCUT2D eigenvalue weighted by atomic mass is 9.93. The third-order valence-electron chi connectivity index (χ3n) is 5.14. The molecule has 27 heavy (non-hydrogen) atoms. The van der Waals surface area contributed by atoms with Gasteiger partial charge in [-0.2, -0.15) is 0 Å². The monoisotopic (exact) mass is 378 g/mol. The first kappa shape index (κ1) is 17.8. The number of fused-ring (bicyclic) bond motifs is 3. The number of rotatable bonds is 5. The van der Waals surface area contributed by atoms with E-state index in [4.69, 9.17) is 10.5 Å². The van der Waals surface area contributed by atoms with E-state index in [1.165, 1.54) is 16.9 Å². The number of nitrogens with two attached hydrogens (primary N) is 1. The fraction of sp³-hybridized carbons (Fsp3) is 0.227. The molecule has 2 heterocycles. The predicted molar refractivity (Wildman–Crippen MR) is 114 cm³/mol. The van der Waals surface area contributed by atoms with Gasteiger partial charge in [0.25, 0.3) is 5.56 Å². The minimum absolute atomic E-state index is 0.0467. The number of nitrogens with one attached hydrogen (secondary N) is 1. The summed E-state index contributed by atoms with van der Waals surface area (Å²) in [5.74, 6) is 1.23. The number of pyridine rings is 1. The van der Waals surface area contributed by atoms with Gasteiger partial charge in [-0.25, -0.2) is 0 Å². The SMILES string of the molecule is COc1ccc2[nH]c(=O)c3sccc3c2c1-c1ccc(C(C)CCN)cc1. The van der Waals surface area contributed by atoms with Crippen LogP contribution in [0.3, 0.4) is 0 Å². The van der Waals surface area contributed by atoms with E-state index >= 15 is 0 Å². The molecule has 0 aliphatic carbocycles. The lowest BCUT2D eigenvalue weighted by molar-refractivity contribution is 0.417. The number of benzene rings is 2. The topological polar surface area (TPSA) is 68.1 Å². The van der Waals surface area contributed by atoms with Crippen LogP contribution in [0.25, 0.3) is 32.1 Å². The largest absolute Gasteiger partial charge is 0.496 e. The predicted octanol–water partition coefficient (Wildman–Crippen LogP) is 4.87. The molecule has 5 heteroatoms. The molecule has 138 valence electrons. The highest BCUT2D eigenvalue weighted by Crippen LogP contribution is 2.40. The third-order valence-corrected chi connectivity index (χ3v) is 6.06. The lowest BCUT2D eigenvalue weighted by Gasteiger charge is -2.15. The highest BCUT2D eigenvalue weighted by Gasteiger charge is 2.16. The average Bonchev–Trinajstić information content (AvgIpc) is 3.18. The van der Waals surface area contributed by atoms with Crippen LogP contribution in [0.15, 0.2) is 52.6 Å². The Balaban J connectivity index is 1.97. The van der Waals surface area contributed by atoms with E-state index in [1.807, 2.05) is 23.6 Å². The number of hydrogen-bond donors (Lipinski definition) is 2. The molecule has 0 amide bonds. The number of aromatic amines is 1. The Hall–Kier alpha value is -2.63. The van der Waals surface area contributed by atoms with Gasteiger partial charge in [0.05, 0.1) is 7.11 Å². The molecule has 0 saturated carbocycles. The molecule has 0 aliphatic heterocycles. The van der Waals surface area contributed by atoms with Gasteiger partial charge in [0, 0.05) is 21.9 Å². The third kappa shape index (κ3) is 3.03. The molecule has 0 radical (unpaired) electrons. The molecule has 0 fully saturated rings. The van der Waals surface area contributed by atoms with Gasteiger partial charge in [-0.3, -0.25) is 4.79 Å². The van der Waals surface area contributed by atoms with Crippen LogP contribution in [-0.2, 0) is 0 Å². The molecule has 0 aliphatic rings. The fourth-order valence-electron chi connectivity index (χ4n) is 3.68. The number of methoxy groups -OCH3 is 1. The quantitative estimate of drug-likeness (QED) is 0.520. The van der Waals surface area contributed by atoms with Crippen molar-refractivity contribution in [3.8, 4) is 16.9 Å². The molecular formula is C22H22N2O2S. The van der Waals surface area contributed by atoms with Crippen LogP contribution in [-0.4, -0.2) is 18.6 Å². The minimum Gasteiger partial charge on any atom is -0.496 e. The molecular weight excluding hydrogens is 356 g/mol. The smallest absolute Gasteiger partial charge is 0.266 e. The van der Waals surface area contributed by atoms with Crippen molar-refractivity contribution in [1.29, 1.82) is 0 Å². The van der Waals surface area contributed by atoms with Gasteiger partial charge in [0.15, 0.2) is 0 Å². The molecule has 0 bridgehead atoms. The number of H-pyrrole nitrogens is 1. The van der Waals surface area contributed by atoms with Crippen LogP contribution < -0.4 is 16.0 Å². The zero-order valence-corrected chi connectivity index (χ0v) is 16.2. The molecule has 4 aromatic rings. The molecule has 0 spiro atoms. The summed E-state index contributed by atoms with van der Waals surface area (Å²) in [7, 11) is 1.68. The molecule has 1 atom stereocenters. The van der Waals surface area contributed by atoms with Crippen molar-refractivity contribution < 1.29 is 4.74 Å².